The molecule has 7 heteroatoms. The van der Waals surface area contributed by atoms with Crippen molar-refractivity contribution in [1.29, 1.82) is 0 Å². The first-order valence-electron chi connectivity index (χ1n) is 5.75. The third-order valence-corrected chi connectivity index (χ3v) is 4.21. The molecule has 2 N–H and O–H groups in total. The van der Waals surface area contributed by atoms with Crippen LogP contribution in [-0.4, -0.2) is 44.3 Å². The number of amides is 1. The maximum absolute atomic E-state index is 11.8. The Labute approximate surface area is 104 Å². The van der Waals surface area contributed by atoms with Crippen LogP contribution in [0, 0.1) is 0 Å². The monoisotopic (exact) mass is 265 g/mol. The normalized spacial score (nSPS) is 14.1. The second-order valence-electron chi connectivity index (χ2n) is 4.25. The molecule has 0 bridgehead atoms. The van der Waals surface area contributed by atoms with Crippen molar-refractivity contribution in [1.82, 2.24) is 14.3 Å². The summed E-state index contributed by atoms with van der Waals surface area (Å²) in [5, 5.41) is 2.64. The Kier molecular flexibility index (Phi) is 6.66. The van der Waals surface area contributed by atoms with E-state index in [1.165, 1.54) is 18.3 Å². The van der Waals surface area contributed by atoms with Crippen molar-refractivity contribution in [3.8, 4) is 0 Å². The minimum atomic E-state index is -3.61. The maximum Gasteiger partial charge on any atom is 0.280 e. The maximum atomic E-state index is 11.8. The molecule has 0 saturated carbocycles. The smallest absolute Gasteiger partial charge is 0.280 e. The highest BCUT2D eigenvalue weighted by molar-refractivity contribution is 7.87. The summed E-state index contributed by atoms with van der Waals surface area (Å²) in [5.74, 6) is -0.312. The van der Waals surface area contributed by atoms with Gasteiger partial charge in [-0.25, -0.2) is 0 Å². The minimum Gasteiger partial charge on any atom is -0.355 e. The van der Waals surface area contributed by atoms with Gasteiger partial charge in [-0.15, -0.1) is 0 Å². The number of nitrogens with one attached hydrogen (secondary N) is 2. The molecule has 6 nitrogen and oxygen atoms in total. The first kappa shape index (κ1) is 16.3. The van der Waals surface area contributed by atoms with E-state index in [1.54, 1.807) is 13.8 Å². The van der Waals surface area contributed by atoms with Crippen molar-refractivity contribution in [3.63, 3.8) is 0 Å². The lowest BCUT2D eigenvalue weighted by Gasteiger charge is -2.23. The Balaban J connectivity index is 4.47. The molecule has 0 aromatic heterocycles. The van der Waals surface area contributed by atoms with Gasteiger partial charge in [-0.3, -0.25) is 4.79 Å². The molecular formula is C10H23N3O3S. The van der Waals surface area contributed by atoms with Crippen LogP contribution in [0.4, 0.5) is 0 Å². The Bertz CT molecular complexity index is 341. The third-order valence-electron chi connectivity index (χ3n) is 2.37. The SMILES string of the molecule is CCCNC(=O)[C@H](C)NS(=O)(=O)N(C)C(C)C. The summed E-state index contributed by atoms with van der Waals surface area (Å²) >= 11 is 0. The van der Waals surface area contributed by atoms with Gasteiger partial charge in [0.25, 0.3) is 10.2 Å². The van der Waals surface area contributed by atoms with Crippen LogP contribution in [0.3, 0.4) is 0 Å². The Hall–Kier alpha value is -0.660. The minimum absolute atomic E-state index is 0.154. The van der Waals surface area contributed by atoms with Crippen LogP contribution in [0.25, 0.3) is 0 Å². The van der Waals surface area contributed by atoms with E-state index in [0.29, 0.717) is 6.54 Å². The van der Waals surface area contributed by atoms with Gasteiger partial charge in [-0.2, -0.15) is 17.4 Å². The highest BCUT2D eigenvalue weighted by atomic mass is 32.2. The van der Waals surface area contributed by atoms with Crippen molar-refractivity contribution >= 4 is 16.1 Å². The predicted molar refractivity (Wildman–Crippen MR) is 67.7 cm³/mol. The molecule has 0 aromatic rings. The first-order valence-corrected chi connectivity index (χ1v) is 7.19. The fourth-order valence-electron chi connectivity index (χ4n) is 1.04. The van der Waals surface area contributed by atoms with Gasteiger partial charge in [0.15, 0.2) is 0 Å². The zero-order valence-electron chi connectivity index (χ0n) is 11.1. The molecule has 0 heterocycles. The van der Waals surface area contributed by atoms with Crippen molar-refractivity contribution in [2.45, 2.75) is 46.2 Å². The predicted octanol–water partition coefficient (Wildman–Crippen LogP) is 0.0757. The largest absolute Gasteiger partial charge is 0.355 e. The number of rotatable bonds is 7. The summed E-state index contributed by atoms with van der Waals surface area (Å²) in [5.41, 5.74) is 0. The summed E-state index contributed by atoms with van der Waals surface area (Å²) in [6.07, 6.45) is 0.817. The van der Waals surface area contributed by atoms with Crippen molar-refractivity contribution in [2.24, 2.45) is 0 Å². The molecule has 0 spiro atoms. The first-order chi connectivity index (χ1) is 7.72. The molecule has 0 saturated heterocycles. The van der Waals surface area contributed by atoms with Crippen molar-refractivity contribution in [2.75, 3.05) is 13.6 Å². The molecule has 1 atom stereocenters. The van der Waals surface area contributed by atoms with Crippen LogP contribution >= 0.6 is 0 Å². The van der Waals surface area contributed by atoms with Gasteiger partial charge in [0.2, 0.25) is 5.91 Å². The van der Waals surface area contributed by atoms with E-state index in [0.717, 1.165) is 6.42 Å². The second kappa shape index (κ2) is 6.93. The summed E-state index contributed by atoms with van der Waals surface area (Å²) in [7, 11) is -2.13. The molecule has 0 rings (SSSR count). The lowest BCUT2D eigenvalue weighted by atomic mass is 10.3. The average Bonchev–Trinajstić information content (AvgIpc) is 2.23. The molecule has 0 aliphatic carbocycles. The van der Waals surface area contributed by atoms with Crippen LogP contribution in [0.5, 0.6) is 0 Å². The summed E-state index contributed by atoms with van der Waals surface area (Å²) in [6.45, 7) is 7.53. The van der Waals surface area contributed by atoms with E-state index in [2.05, 4.69) is 10.0 Å². The molecule has 0 aliphatic heterocycles. The Morgan fingerprint density at radius 2 is 1.82 bits per heavy atom. The van der Waals surface area contributed by atoms with E-state index >= 15 is 0 Å². The zero-order valence-corrected chi connectivity index (χ0v) is 12.0. The molecule has 102 valence electrons. The molecule has 1 amide bonds. The lowest BCUT2D eigenvalue weighted by Crippen LogP contribution is -2.50. The molecule has 0 unspecified atom stereocenters. The van der Waals surface area contributed by atoms with E-state index in [9.17, 15) is 13.2 Å². The van der Waals surface area contributed by atoms with Gasteiger partial charge < -0.3 is 5.32 Å². The van der Waals surface area contributed by atoms with E-state index in [4.69, 9.17) is 0 Å². The van der Waals surface area contributed by atoms with Crippen LogP contribution in [-0.2, 0) is 15.0 Å². The van der Waals surface area contributed by atoms with Crippen LogP contribution in [0.1, 0.15) is 34.1 Å². The number of hydrogen-bond acceptors (Lipinski definition) is 3. The molecule has 0 aromatic carbocycles. The zero-order chi connectivity index (χ0) is 13.6. The van der Waals surface area contributed by atoms with Crippen LogP contribution in [0.15, 0.2) is 0 Å². The van der Waals surface area contributed by atoms with Gasteiger partial charge in [-0.1, -0.05) is 6.92 Å². The Morgan fingerprint density at radius 1 is 1.29 bits per heavy atom. The lowest BCUT2D eigenvalue weighted by molar-refractivity contribution is -0.122. The highest BCUT2D eigenvalue weighted by Crippen LogP contribution is 2.01. The average molecular weight is 265 g/mol. The molecule has 0 fully saturated rings. The van der Waals surface area contributed by atoms with Gasteiger partial charge in [0, 0.05) is 19.6 Å². The van der Waals surface area contributed by atoms with E-state index < -0.39 is 16.3 Å². The van der Waals surface area contributed by atoms with Gasteiger partial charge in [0.1, 0.15) is 0 Å². The van der Waals surface area contributed by atoms with Crippen molar-refractivity contribution < 1.29 is 13.2 Å². The second-order valence-corrected chi connectivity index (χ2v) is 6.01. The highest BCUT2D eigenvalue weighted by Gasteiger charge is 2.25. The topological polar surface area (TPSA) is 78.5 Å². The molecule has 0 radical (unpaired) electrons. The summed E-state index contributed by atoms with van der Waals surface area (Å²) in [6, 6.07) is -0.925. The van der Waals surface area contributed by atoms with E-state index in [-0.39, 0.29) is 11.9 Å². The third kappa shape index (κ3) is 5.47. The van der Waals surface area contributed by atoms with Crippen LogP contribution in [0.2, 0.25) is 0 Å². The Morgan fingerprint density at radius 3 is 2.24 bits per heavy atom. The molecule has 17 heavy (non-hydrogen) atoms. The van der Waals surface area contributed by atoms with Gasteiger partial charge >= 0.3 is 0 Å². The number of carbonyl (C=O) groups is 1. The number of carbonyl (C=O) groups excluding carboxylic acids is 1. The van der Waals surface area contributed by atoms with Crippen LogP contribution < -0.4 is 10.0 Å². The number of hydrogen-bond donors (Lipinski definition) is 2. The van der Waals surface area contributed by atoms with Gasteiger partial charge in [0.05, 0.1) is 6.04 Å². The standard InChI is InChI=1S/C10H23N3O3S/c1-6-7-11-10(14)9(4)12-17(15,16)13(5)8(2)3/h8-9,12H,6-7H2,1-5H3,(H,11,14)/t9-/m0/s1. The fraction of sp³-hybridized carbons (Fsp3) is 0.900. The fourth-order valence-corrected chi connectivity index (χ4v) is 2.31. The van der Waals surface area contributed by atoms with Gasteiger partial charge in [-0.05, 0) is 27.2 Å². The van der Waals surface area contributed by atoms with E-state index in [1.807, 2.05) is 6.92 Å². The molecule has 0 aliphatic rings. The molecular weight excluding hydrogens is 242 g/mol. The summed E-state index contributed by atoms with van der Waals surface area (Å²) < 4.78 is 27.1. The summed E-state index contributed by atoms with van der Waals surface area (Å²) in [4.78, 5) is 11.5. The number of nitrogens with zero attached hydrogens (tertiary/aromatic N) is 1. The van der Waals surface area contributed by atoms with Crippen molar-refractivity contribution in [3.05, 3.63) is 0 Å². The quantitative estimate of drug-likeness (QED) is 0.684.